The number of amides is 1. The van der Waals surface area contributed by atoms with E-state index < -0.39 is 0 Å². The molecule has 1 atom stereocenters. The van der Waals surface area contributed by atoms with Crippen molar-refractivity contribution in [3.8, 4) is 0 Å². The maximum absolute atomic E-state index is 13.3. The van der Waals surface area contributed by atoms with Gasteiger partial charge in [0.15, 0.2) is 0 Å². The van der Waals surface area contributed by atoms with Gasteiger partial charge in [-0.1, -0.05) is 30.3 Å². The van der Waals surface area contributed by atoms with Crippen LogP contribution in [-0.4, -0.2) is 26.9 Å². The van der Waals surface area contributed by atoms with Gasteiger partial charge in [0.05, 0.1) is 17.2 Å². The second-order valence-electron chi connectivity index (χ2n) is 6.96. The molecule has 23 heavy (non-hydrogen) atoms. The SMILES string of the molecule is Cc1cn(C)c([C@H]2CCCN2C(=O)C2(c3ccccc3)CC2)n1. The van der Waals surface area contributed by atoms with Crippen LogP contribution in [0.25, 0.3) is 0 Å². The second-order valence-corrected chi connectivity index (χ2v) is 6.96. The highest BCUT2D eigenvalue weighted by Crippen LogP contribution is 2.51. The Labute approximate surface area is 137 Å². The lowest BCUT2D eigenvalue weighted by Crippen LogP contribution is -2.39. The number of aromatic nitrogens is 2. The fraction of sp³-hybridized carbons (Fsp3) is 0.474. The molecule has 120 valence electrons. The van der Waals surface area contributed by atoms with E-state index >= 15 is 0 Å². The van der Waals surface area contributed by atoms with E-state index in [-0.39, 0.29) is 11.5 Å². The summed E-state index contributed by atoms with van der Waals surface area (Å²) in [5, 5.41) is 0. The Kier molecular flexibility index (Phi) is 3.29. The van der Waals surface area contributed by atoms with Crippen LogP contribution in [0.3, 0.4) is 0 Å². The quantitative estimate of drug-likeness (QED) is 0.873. The summed E-state index contributed by atoms with van der Waals surface area (Å²) in [4.78, 5) is 20.1. The number of hydrogen-bond donors (Lipinski definition) is 0. The molecule has 0 N–H and O–H groups in total. The van der Waals surface area contributed by atoms with Gasteiger partial charge in [-0.25, -0.2) is 4.98 Å². The van der Waals surface area contributed by atoms with Crippen LogP contribution in [0.2, 0.25) is 0 Å². The van der Waals surface area contributed by atoms with Crippen LogP contribution in [0.4, 0.5) is 0 Å². The van der Waals surface area contributed by atoms with E-state index in [1.807, 2.05) is 38.4 Å². The maximum Gasteiger partial charge on any atom is 0.233 e. The van der Waals surface area contributed by atoms with E-state index in [2.05, 4.69) is 26.6 Å². The van der Waals surface area contributed by atoms with Gasteiger partial charge in [-0.05, 0) is 38.2 Å². The fourth-order valence-electron chi connectivity index (χ4n) is 4.01. The van der Waals surface area contributed by atoms with Gasteiger partial charge in [0, 0.05) is 19.8 Å². The third-order valence-electron chi connectivity index (χ3n) is 5.33. The molecule has 1 saturated heterocycles. The molecule has 0 radical (unpaired) electrons. The highest BCUT2D eigenvalue weighted by molar-refractivity contribution is 5.91. The van der Waals surface area contributed by atoms with E-state index in [4.69, 9.17) is 0 Å². The fourth-order valence-corrected chi connectivity index (χ4v) is 4.01. The minimum absolute atomic E-state index is 0.127. The zero-order valence-electron chi connectivity index (χ0n) is 13.8. The molecule has 4 rings (SSSR count). The van der Waals surface area contributed by atoms with Crippen molar-refractivity contribution in [3.05, 3.63) is 53.6 Å². The van der Waals surface area contributed by atoms with Crippen LogP contribution in [-0.2, 0) is 17.3 Å². The summed E-state index contributed by atoms with van der Waals surface area (Å²) in [7, 11) is 2.03. The van der Waals surface area contributed by atoms with Gasteiger partial charge in [0.1, 0.15) is 5.82 Å². The maximum atomic E-state index is 13.3. The summed E-state index contributed by atoms with van der Waals surface area (Å²) >= 11 is 0. The number of nitrogens with zero attached hydrogens (tertiary/aromatic N) is 3. The molecule has 2 aliphatic rings. The molecule has 2 aromatic rings. The Morgan fingerprint density at radius 1 is 1.26 bits per heavy atom. The van der Waals surface area contributed by atoms with E-state index in [0.29, 0.717) is 5.91 Å². The molecule has 0 unspecified atom stereocenters. The van der Waals surface area contributed by atoms with Gasteiger partial charge in [0.2, 0.25) is 5.91 Å². The number of benzene rings is 1. The summed E-state index contributed by atoms with van der Waals surface area (Å²) in [5.74, 6) is 1.32. The van der Waals surface area contributed by atoms with Crippen LogP contribution in [0.5, 0.6) is 0 Å². The minimum Gasteiger partial charge on any atom is -0.336 e. The van der Waals surface area contributed by atoms with Crippen molar-refractivity contribution in [2.75, 3.05) is 6.54 Å². The van der Waals surface area contributed by atoms with E-state index in [1.165, 1.54) is 5.56 Å². The molecule has 1 aliphatic carbocycles. The molecule has 0 bridgehead atoms. The Bertz CT molecular complexity index is 730. The monoisotopic (exact) mass is 309 g/mol. The first-order chi connectivity index (χ1) is 11.1. The highest BCUT2D eigenvalue weighted by atomic mass is 16.2. The van der Waals surface area contributed by atoms with Gasteiger partial charge >= 0.3 is 0 Å². The van der Waals surface area contributed by atoms with E-state index in [0.717, 1.165) is 43.7 Å². The van der Waals surface area contributed by atoms with Crippen molar-refractivity contribution in [2.45, 2.75) is 44.1 Å². The van der Waals surface area contributed by atoms with Gasteiger partial charge in [-0.15, -0.1) is 0 Å². The minimum atomic E-state index is -0.274. The van der Waals surface area contributed by atoms with Crippen molar-refractivity contribution >= 4 is 5.91 Å². The lowest BCUT2D eigenvalue weighted by atomic mass is 9.94. The molecule has 1 aromatic carbocycles. The second kappa shape index (κ2) is 5.22. The number of likely N-dealkylation sites (tertiary alicyclic amines) is 1. The van der Waals surface area contributed by atoms with Crippen molar-refractivity contribution in [1.29, 1.82) is 0 Å². The number of imidazole rings is 1. The van der Waals surface area contributed by atoms with Crippen molar-refractivity contribution in [3.63, 3.8) is 0 Å². The van der Waals surface area contributed by atoms with Gasteiger partial charge < -0.3 is 9.47 Å². The summed E-state index contributed by atoms with van der Waals surface area (Å²) in [6.45, 7) is 2.86. The number of carbonyl (C=O) groups excluding carboxylic acids is 1. The Morgan fingerprint density at radius 2 is 2.00 bits per heavy atom. The predicted octanol–water partition coefficient (Wildman–Crippen LogP) is 3.12. The van der Waals surface area contributed by atoms with Gasteiger partial charge in [0.25, 0.3) is 0 Å². The van der Waals surface area contributed by atoms with Crippen LogP contribution in [0.15, 0.2) is 36.5 Å². The summed E-state index contributed by atoms with van der Waals surface area (Å²) in [5.41, 5.74) is 1.92. The number of aryl methyl sites for hydroxylation is 2. The summed E-state index contributed by atoms with van der Waals surface area (Å²) in [6, 6.07) is 10.4. The first-order valence-corrected chi connectivity index (χ1v) is 8.48. The predicted molar refractivity (Wildman–Crippen MR) is 89.0 cm³/mol. The molecule has 4 heteroatoms. The molecular formula is C19H23N3O. The third-order valence-corrected chi connectivity index (χ3v) is 5.33. The van der Waals surface area contributed by atoms with Crippen LogP contribution >= 0.6 is 0 Å². The molecule has 1 saturated carbocycles. The lowest BCUT2D eigenvalue weighted by Gasteiger charge is -2.29. The van der Waals surface area contributed by atoms with Crippen molar-refractivity contribution < 1.29 is 4.79 Å². The van der Waals surface area contributed by atoms with Crippen LogP contribution in [0.1, 0.15) is 48.8 Å². The summed E-state index contributed by atoms with van der Waals surface area (Å²) in [6.07, 6.45) is 6.06. The largest absolute Gasteiger partial charge is 0.336 e. The molecule has 4 nitrogen and oxygen atoms in total. The zero-order valence-corrected chi connectivity index (χ0v) is 13.8. The average molecular weight is 309 g/mol. The van der Waals surface area contributed by atoms with Gasteiger partial charge in [-0.3, -0.25) is 4.79 Å². The van der Waals surface area contributed by atoms with Crippen LogP contribution in [0, 0.1) is 6.92 Å². The van der Waals surface area contributed by atoms with Crippen molar-refractivity contribution in [2.24, 2.45) is 7.05 Å². The van der Waals surface area contributed by atoms with E-state index in [9.17, 15) is 4.79 Å². The average Bonchev–Trinajstić information content (AvgIpc) is 3.11. The number of carbonyl (C=O) groups is 1. The van der Waals surface area contributed by atoms with Gasteiger partial charge in [-0.2, -0.15) is 0 Å². The molecule has 1 aliphatic heterocycles. The first-order valence-electron chi connectivity index (χ1n) is 8.48. The molecule has 1 amide bonds. The molecular weight excluding hydrogens is 286 g/mol. The van der Waals surface area contributed by atoms with Crippen LogP contribution < -0.4 is 0 Å². The van der Waals surface area contributed by atoms with E-state index in [1.54, 1.807) is 0 Å². The third kappa shape index (κ3) is 2.28. The topological polar surface area (TPSA) is 38.1 Å². The Morgan fingerprint density at radius 3 is 2.61 bits per heavy atom. The standard InChI is InChI=1S/C19H23N3O/c1-14-13-21(2)17(20-14)16-9-6-12-22(16)18(23)19(10-11-19)15-7-4-3-5-8-15/h3-5,7-8,13,16H,6,9-12H2,1-2H3/t16-/m1/s1. The molecule has 0 spiro atoms. The smallest absolute Gasteiger partial charge is 0.233 e. The Balaban J connectivity index is 1.64. The number of hydrogen-bond acceptors (Lipinski definition) is 2. The molecule has 2 heterocycles. The lowest BCUT2D eigenvalue weighted by molar-refractivity contribution is -0.135. The number of rotatable bonds is 3. The van der Waals surface area contributed by atoms with Crippen molar-refractivity contribution in [1.82, 2.24) is 14.5 Å². The summed E-state index contributed by atoms with van der Waals surface area (Å²) < 4.78 is 2.08. The zero-order chi connectivity index (χ0) is 16.0. The normalized spacial score (nSPS) is 22.3. The first kappa shape index (κ1) is 14.5. The highest BCUT2D eigenvalue weighted by Gasteiger charge is 2.54. The Hall–Kier alpha value is -2.10. The molecule has 1 aromatic heterocycles. The molecule has 2 fully saturated rings.